The average molecular weight is 635 g/mol. The Labute approximate surface area is 251 Å². The molecule has 5 atom stereocenters. The maximum Gasteiger partial charge on any atom is 0.303 e. The molecule has 1 aliphatic rings. The molecule has 0 aromatic rings. The van der Waals surface area contributed by atoms with Gasteiger partial charge in [-0.2, -0.15) is 0 Å². The standard InChI is InChI=1S/C26H42Cl3NO8S/c1-5-6-7-8-9-10-11-12-13-14-15-39-24-21(30-25(34)26(27,28)29)23(37-19(4)33)22(36-18(3)32)20(38-24)16-35-17(2)31/h20-24H,5-16H2,1-4H3,(H,30,34)/t20-,21-,22-,23-,24+/m1/s1. The summed E-state index contributed by atoms with van der Waals surface area (Å²) in [6.07, 6.45) is 8.50. The number of carbonyl (C=O) groups excluding carboxylic acids is 4. The lowest BCUT2D eigenvalue weighted by atomic mass is 9.97. The summed E-state index contributed by atoms with van der Waals surface area (Å²) in [5, 5.41) is 2.59. The van der Waals surface area contributed by atoms with Gasteiger partial charge >= 0.3 is 17.9 Å². The minimum Gasteiger partial charge on any atom is -0.463 e. The molecule has 1 fully saturated rings. The van der Waals surface area contributed by atoms with E-state index in [1.165, 1.54) is 77.5 Å². The van der Waals surface area contributed by atoms with Crippen molar-refractivity contribution >= 4 is 70.4 Å². The van der Waals surface area contributed by atoms with Gasteiger partial charge in [0, 0.05) is 20.8 Å². The summed E-state index contributed by atoms with van der Waals surface area (Å²) >= 11 is 18.7. The lowest BCUT2D eigenvalue weighted by molar-refractivity contribution is -0.211. The van der Waals surface area contributed by atoms with Gasteiger partial charge in [-0.1, -0.05) is 99.5 Å². The summed E-state index contributed by atoms with van der Waals surface area (Å²) < 4.78 is 19.9. The van der Waals surface area contributed by atoms with Gasteiger partial charge in [0.15, 0.2) is 12.2 Å². The predicted octanol–water partition coefficient (Wildman–Crippen LogP) is 5.65. The molecule has 0 radical (unpaired) electrons. The van der Waals surface area contributed by atoms with E-state index in [2.05, 4.69) is 12.2 Å². The van der Waals surface area contributed by atoms with Crippen LogP contribution in [0.3, 0.4) is 0 Å². The topological polar surface area (TPSA) is 117 Å². The van der Waals surface area contributed by atoms with Crippen LogP contribution in [0, 0.1) is 0 Å². The fourth-order valence-corrected chi connectivity index (χ4v) is 5.64. The third kappa shape index (κ3) is 15.0. The van der Waals surface area contributed by atoms with Crippen molar-refractivity contribution in [2.24, 2.45) is 0 Å². The zero-order chi connectivity index (χ0) is 29.4. The van der Waals surface area contributed by atoms with Crippen LogP contribution in [-0.4, -0.2) is 69.8 Å². The van der Waals surface area contributed by atoms with Crippen molar-refractivity contribution in [3.05, 3.63) is 0 Å². The summed E-state index contributed by atoms with van der Waals surface area (Å²) in [5.41, 5.74) is -0.781. The number of unbranched alkanes of at least 4 members (excludes halogenated alkanes) is 9. The maximum atomic E-state index is 12.6. The first-order valence-electron chi connectivity index (χ1n) is 13.5. The summed E-state index contributed by atoms with van der Waals surface area (Å²) in [7, 11) is 0. The minimum absolute atomic E-state index is 0.258. The second kappa shape index (κ2) is 19.2. The molecule has 1 heterocycles. The van der Waals surface area contributed by atoms with E-state index in [1.54, 1.807) is 0 Å². The summed E-state index contributed by atoms with van der Waals surface area (Å²) in [6, 6.07) is -1.02. The number of halogens is 3. The second-order valence-corrected chi connectivity index (χ2v) is 13.0. The molecule has 1 rings (SSSR count). The third-order valence-corrected chi connectivity index (χ3v) is 7.81. The number of amides is 1. The Bertz CT molecular complexity index is 783. The van der Waals surface area contributed by atoms with Crippen LogP contribution in [0.2, 0.25) is 0 Å². The van der Waals surface area contributed by atoms with Gasteiger partial charge in [-0.05, 0) is 12.2 Å². The van der Waals surface area contributed by atoms with Crippen molar-refractivity contribution in [2.75, 3.05) is 12.4 Å². The molecule has 1 aliphatic heterocycles. The van der Waals surface area contributed by atoms with Gasteiger partial charge in [0.05, 0.1) is 0 Å². The Morgan fingerprint density at radius 2 is 1.31 bits per heavy atom. The molecule has 39 heavy (non-hydrogen) atoms. The number of hydrogen-bond acceptors (Lipinski definition) is 9. The summed E-state index contributed by atoms with van der Waals surface area (Å²) in [4.78, 5) is 48.0. The molecule has 0 aromatic carbocycles. The zero-order valence-corrected chi connectivity index (χ0v) is 26.3. The molecule has 0 spiro atoms. The Hall–Kier alpha value is -0.940. The van der Waals surface area contributed by atoms with Crippen LogP contribution in [0.4, 0.5) is 0 Å². The van der Waals surface area contributed by atoms with Crippen molar-refractivity contribution in [2.45, 2.75) is 125 Å². The van der Waals surface area contributed by atoms with E-state index in [0.717, 1.165) is 19.3 Å². The van der Waals surface area contributed by atoms with Crippen LogP contribution < -0.4 is 5.32 Å². The highest BCUT2D eigenvalue weighted by Gasteiger charge is 2.52. The Morgan fingerprint density at radius 3 is 1.79 bits per heavy atom. The number of nitrogens with one attached hydrogen (secondary N) is 1. The first kappa shape index (κ1) is 36.1. The van der Waals surface area contributed by atoms with Gasteiger partial charge in [-0.3, -0.25) is 19.2 Å². The van der Waals surface area contributed by atoms with Gasteiger partial charge in [0.1, 0.15) is 24.2 Å². The predicted molar refractivity (Wildman–Crippen MR) is 153 cm³/mol. The molecule has 1 saturated heterocycles. The molecule has 0 aliphatic carbocycles. The van der Waals surface area contributed by atoms with Crippen molar-refractivity contribution in [3.8, 4) is 0 Å². The van der Waals surface area contributed by atoms with E-state index in [0.29, 0.717) is 5.75 Å². The number of alkyl halides is 3. The van der Waals surface area contributed by atoms with Gasteiger partial charge < -0.3 is 24.3 Å². The number of carbonyl (C=O) groups is 4. The highest BCUT2D eigenvalue weighted by molar-refractivity contribution is 7.99. The Kier molecular flexibility index (Phi) is 17.8. The van der Waals surface area contributed by atoms with Crippen LogP contribution in [-0.2, 0) is 38.1 Å². The Balaban J connectivity index is 2.94. The first-order chi connectivity index (χ1) is 18.4. The monoisotopic (exact) mass is 633 g/mol. The quantitative estimate of drug-likeness (QED) is 0.0938. The van der Waals surface area contributed by atoms with Gasteiger partial charge in [0.2, 0.25) is 0 Å². The lowest BCUT2D eigenvalue weighted by Gasteiger charge is -2.45. The SMILES string of the molecule is CCCCCCCCCCCCS[C@@H]1O[C@H](COC(C)=O)[C@@H](OC(C)=O)[C@H](OC(C)=O)[C@H]1NC(=O)C(Cl)(Cl)Cl. The van der Waals surface area contributed by atoms with Crippen LogP contribution in [0.1, 0.15) is 91.9 Å². The zero-order valence-electron chi connectivity index (χ0n) is 23.2. The highest BCUT2D eigenvalue weighted by atomic mass is 35.6. The number of thioether (sulfide) groups is 1. The van der Waals surface area contributed by atoms with Crippen molar-refractivity contribution < 1.29 is 38.1 Å². The molecular formula is C26H42Cl3NO8S. The van der Waals surface area contributed by atoms with Crippen LogP contribution >= 0.6 is 46.6 Å². The molecule has 0 bridgehead atoms. The summed E-state index contributed by atoms with van der Waals surface area (Å²) in [6.45, 7) is 5.54. The second-order valence-electron chi connectivity index (χ2n) is 9.54. The highest BCUT2D eigenvalue weighted by Crippen LogP contribution is 2.34. The number of ether oxygens (including phenoxy) is 4. The van der Waals surface area contributed by atoms with E-state index in [4.69, 9.17) is 53.8 Å². The molecule has 1 N–H and O–H groups in total. The normalized spacial score (nSPS) is 23.1. The molecule has 0 unspecified atom stereocenters. The van der Waals surface area contributed by atoms with Gasteiger partial charge in [0.25, 0.3) is 9.70 Å². The third-order valence-electron chi connectivity index (χ3n) is 6.04. The first-order valence-corrected chi connectivity index (χ1v) is 15.7. The molecular weight excluding hydrogens is 593 g/mol. The lowest BCUT2D eigenvalue weighted by Crippen LogP contribution is -2.66. The van der Waals surface area contributed by atoms with Crippen LogP contribution in [0.15, 0.2) is 0 Å². The minimum atomic E-state index is -2.29. The van der Waals surface area contributed by atoms with Crippen molar-refractivity contribution in [1.82, 2.24) is 5.32 Å². The molecule has 13 heteroatoms. The molecule has 9 nitrogen and oxygen atoms in total. The van der Waals surface area contributed by atoms with Crippen LogP contribution in [0.25, 0.3) is 0 Å². The van der Waals surface area contributed by atoms with E-state index in [1.807, 2.05) is 0 Å². The molecule has 1 amide bonds. The molecule has 0 saturated carbocycles. The fraction of sp³-hybridized carbons (Fsp3) is 0.846. The van der Waals surface area contributed by atoms with E-state index in [-0.39, 0.29) is 6.61 Å². The molecule has 0 aromatic heterocycles. The average Bonchev–Trinajstić information content (AvgIpc) is 2.83. The Morgan fingerprint density at radius 1 is 0.795 bits per heavy atom. The number of rotatable bonds is 17. The van der Waals surface area contributed by atoms with Crippen LogP contribution in [0.5, 0.6) is 0 Å². The van der Waals surface area contributed by atoms with Gasteiger partial charge in [-0.15, -0.1) is 11.8 Å². The number of hydrogen-bond donors (Lipinski definition) is 1. The smallest absolute Gasteiger partial charge is 0.303 e. The van der Waals surface area contributed by atoms with Gasteiger partial charge in [-0.25, -0.2) is 0 Å². The number of esters is 3. The van der Waals surface area contributed by atoms with Crippen molar-refractivity contribution in [3.63, 3.8) is 0 Å². The van der Waals surface area contributed by atoms with Crippen molar-refractivity contribution in [1.29, 1.82) is 0 Å². The van der Waals surface area contributed by atoms with E-state index in [9.17, 15) is 19.2 Å². The molecule has 226 valence electrons. The van der Waals surface area contributed by atoms with E-state index >= 15 is 0 Å². The summed E-state index contributed by atoms with van der Waals surface area (Å²) in [5.74, 6) is -2.21. The van der Waals surface area contributed by atoms with E-state index < -0.39 is 57.4 Å². The maximum absolute atomic E-state index is 12.6. The fourth-order valence-electron chi connectivity index (χ4n) is 4.22. The largest absolute Gasteiger partial charge is 0.463 e.